The second-order valence-electron chi connectivity index (χ2n) is 10.6. The van der Waals surface area contributed by atoms with Crippen molar-refractivity contribution in [2.75, 3.05) is 19.8 Å². The van der Waals surface area contributed by atoms with Gasteiger partial charge in [-0.25, -0.2) is 0 Å². The molecule has 5 rings (SSSR count). The number of benzene rings is 2. The molecule has 3 aliphatic rings. The molecular formula is C28H33N3O6. The largest absolute Gasteiger partial charge is 0.391 e. The molecule has 9 heteroatoms. The molecule has 2 fully saturated rings. The van der Waals surface area contributed by atoms with Gasteiger partial charge in [-0.1, -0.05) is 56.3 Å². The molecule has 0 radical (unpaired) electrons. The molecule has 0 spiro atoms. The highest BCUT2D eigenvalue weighted by atomic mass is 16.5. The number of hydrogen-bond acceptors (Lipinski definition) is 6. The van der Waals surface area contributed by atoms with Gasteiger partial charge in [-0.3, -0.25) is 14.4 Å². The van der Waals surface area contributed by atoms with Crippen LogP contribution in [0.3, 0.4) is 0 Å². The molecule has 0 aromatic heterocycles. The summed E-state index contributed by atoms with van der Waals surface area (Å²) in [6.45, 7) is 4.94. The van der Waals surface area contributed by atoms with Crippen LogP contribution < -0.4 is 5.32 Å². The molecule has 2 saturated heterocycles. The predicted octanol–water partition coefficient (Wildman–Crippen LogP) is 1.16. The molecular weight excluding hydrogens is 474 g/mol. The fraction of sp³-hybridized carbons (Fsp3) is 0.464. The van der Waals surface area contributed by atoms with Crippen molar-refractivity contribution >= 4 is 17.7 Å². The number of carbonyl (C=O) groups is 3. The van der Waals surface area contributed by atoms with Crippen molar-refractivity contribution in [2.45, 2.75) is 57.1 Å². The van der Waals surface area contributed by atoms with Crippen LogP contribution in [0.5, 0.6) is 0 Å². The maximum Gasteiger partial charge on any atom is 0.255 e. The van der Waals surface area contributed by atoms with Crippen LogP contribution in [0, 0.1) is 5.92 Å². The summed E-state index contributed by atoms with van der Waals surface area (Å²) in [5, 5.41) is 23.7. The Morgan fingerprint density at radius 3 is 2.46 bits per heavy atom. The Labute approximate surface area is 216 Å². The number of β-amino-alcohol motifs (C(OH)–C–C–N with tert-alkyl or cyclic N) is 1. The number of aliphatic hydroxyl groups is 2. The van der Waals surface area contributed by atoms with Gasteiger partial charge in [0.25, 0.3) is 5.91 Å². The minimum absolute atomic E-state index is 0.0461. The van der Waals surface area contributed by atoms with E-state index in [0.29, 0.717) is 12.1 Å². The van der Waals surface area contributed by atoms with Gasteiger partial charge in [0.15, 0.2) is 0 Å². The van der Waals surface area contributed by atoms with Crippen LogP contribution >= 0.6 is 0 Å². The molecule has 3 amide bonds. The summed E-state index contributed by atoms with van der Waals surface area (Å²) in [7, 11) is 0. The number of nitrogens with one attached hydrogen (secondary N) is 1. The van der Waals surface area contributed by atoms with Crippen molar-refractivity contribution in [3.05, 3.63) is 70.8 Å². The Hall–Kier alpha value is -3.27. The zero-order valence-corrected chi connectivity index (χ0v) is 21.1. The highest BCUT2D eigenvalue weighted by Crippen LogP contribution is 2.31. The number of amides is 3. The van der Waals surface area contributed by atoms with E-state index >= 15 is 0 Å². The summed E-state index contributed by atoms with van der Waals surface area (Å²) in [4.78, 5) is 43.1. The maximum absolute atomic E-state index is 13.8. The van der Waals surface area contributed by atoms with Crippen LogP contribution in [0.2, 0.25) is 0 Å². The van der Waals surface area contributed by atoms with Crippen molar-refractivity contribution < 1.29 is 29.3 Å². The minimum Gasteiger partial charge on any atom is -0.391 e. The number of ether oxygens (including phenoxy) is 1. The van der Waals surface area contributed by atoms with Gasteiger partial charge in [-0.2, -0.15) is 0 Å². The number of likely N-dealkylation sites (tertiary alicyclic amines) is 1. The quantitative estimate of drug-likeness (QED) is 0.518. The summed E-state index contributed by atoms with van der Waals surface area (Å²) >= 11 is 0. The van der Waals surface area contributed by atoms with Crippen LogP contribution in [0.15, 0.2) is 48.5 Å². The van der Waals surface area contributed by atoms with Gasteiger partial charge in [0.05, 0.1) is 19.3 Å². The van der Waals surface area contributed by atoms with Gasteiger partial charge >= 0.3 is 0 Å². The van der Waals surface area contributed by atoms with Crippen LogP contribution in [0.25, 0.3) is 0 Å². The fourth-order valence-corrected chi connectivity index (χ4v) is 5.46. The van der Waals surface area contributed by atoms with Crippen molar-refractivity contribution in [3.8, 4) is 0 Å². The van der Waals surface area contributed by atoms with E-state index in [9.17, 15) is 24.6 Å². The summed E-state index contributed by atoms with van der Waals surface area (Å²) in [6.07, 6.45) is -0.675. The summed E-state index contributed by atoms with van der Waals surface area (Å²) < 4.78 is 5.10. The van der Waals surface area contributed by atoms with E-state index in [1.165, 1.54) is 4.90 Å². The minimum atomic E-state index is -0.951. The normalized spacial score (nSPS) is 23.1. The van der Waals surface area contributed by atoms with Crippen LogP contribution in [-0.4, -0.2) is 75.7 Å². The first-order valence-electron chi connectivity index (χ1n) is 12.7. The van der Waals surface area contributed by atoms with E-state index < -0.39 is 23.8 Å². The number of nitrogens with zero attached hydrogens (tertiary/aromatic N) is 2. The van der Waals surface area contributed by atoms with Crippen LogP contribution in [0.4, 0.5) is 0 Å². The lowest BCUT2D eigenvalue weighted by molar-refractivity contribution is -0.184. The Morgan fingerprint density at radius 2 is 1.84 bits per heavy atom. The number of fused-ring (bicyclic) bond motifs is 1. The Morgan fingerprint density at radius 1 is 1.14 bits per heavy atom. The molecule has 2 aromatic carbocycles. The number of aliphatic hydroxyl groups excluding tert-OH is 1. The third-order valence-electron chi connectivity index (χ3n) is 7.57. The first-order valence-corrected chi connectivity index (χ1v) is 12.7. The number of carbonyl (C=O) groups excluding carboxylic acids is 3. The lowest BCUT2D eigenvalue weighted by Crippen LogP contribution is -2.55. The van der Waals surface area contributed by atoms with E-state index in [1.807, 2.05) is 50.2 Å². The van der Waals surface area contributed by atoms with Crippen LogP contribution in [0.1, 0.15) is 47.3 Å². The Bertz CT molecular complexity index is 1190. The second-order valence-corrected chi connectivity index (χ2v) is 10.6. The summed E-state index contributed by atoms with van der Waals surface area (Å²) in [5.41, 5.74) is 2.14. The zero-order chi connectivity index (χ0) is 26.3. The average Bonchev–Trinajstić information content (AvgIpc) is 3.41. The topological polar surface area (TPSA) is 119 Å². The molecule has 0 saturated carbocycles. The van der Waals surface area contributed by atoms with Crippen molar-refractivity contribution in [1.29, 1.82) is 0 Å². The molecule has 0 unspecified atom stereocenters. The summed E-state index contributed by atoms with van der Waals surface area (Å²) in [5.74, 6) is -1.04. The molecule has 3 aliphatic heterocycles. The summed E-state index contributed by atoms with van der Waals surface area (Å²) in [6, 6.07) is 13.1. The Kier molecular flexibility index (Phi) is 6.78. The third-order valence-corrected chi connectivity index (χ3v) is 7.57. The second kappa shape index (κ2) is 9.89. The number of rotatable bonds is 7. The van der Waals surface area contributed by atoms with Gasteiger partial charge in [0.1, 0.15) is 17.7 Å². The van der Waals surface area contributed by atoms with Gasteiger partial charge in [-0.05, 0) is 28.7 Å². The van der Waals surface area contributed by atoms with Gasteiger partial charge in [0, 0.05) is 31.6 Å². The molecule has 0 bridgehead atoms. The SMILES string of the molecule is CC(C)[C@@H](C(=O)N1C[C@H](O)C[C@H]1C(=O)NCc1ccc(C2(O)COC2)cc1)N1Cc2ccccc2C1=O. The molecule has 37 heavy (non-hydrogen) atoms. The first-order chi connectivity index (χ1) is 17.7. The predicted molar refractivity (Wildman–Crippen MR) is 134 cm³/mol. The molecule has 3 atom stereocenters. The van der Waals surface area contributed by atoms with Gasteiger partial charge in [0.2, 0.25) is 11.8 Å². The molecule has 196 valence electrons. The monoisotopic (exact) mass is 507 g/mol. The number of hydrogen-bond donors (Lipinski definition) is 3. The maximum atomic E-state index is 13.8. The molecule has 3 heterocycles. The average molecular weight is 508 g/mol. The highest BCUT2D eigenvalue weighted by molar-refractivity contribution is 6.01. The Balaban J connectivity index is 1.27. The molecule has 9 nitrogen and oxygen atoms in total. The molecule has 2 aromatic rings. The van der Waals surface area contributed by atoms with E-state index in [0.717, 1.165) is 16.7 Å². The first kappa shape index (κ1) is 25.4. The van der Waals surface area contributed by atoms with E-state index in [2.05, 4.69) is 5.32 Å². The van der Waals surface area contributed by atoms with E-state index in [-0.39, 0.29) is 56.4 Å². The van der Waals surface area contributed by atoms with Crippen molar-refractivity contribution in [2.24, 2.45) is 5.92 Å². The standard InChI is InChI=1S/C28H33N3O6/c1-17(2)24(31-13-19-5-3-4-6-22(19)26(31)34)27(35)30-14-21(32)11-23(30)25(33)29-12-18-7-9-20(10-8-18)28(36)15-37-16-28/h3-10,17,21,23-24,32,36H,11-16H2,1-2H3,(H,29,33)/t21-,23+,24+/m1/s1. The third kappa shape index (κ3) is 4.74. The van der Waals surface area contributed by atoms with Crippen molar-refractivity contribution in [1.82, 2.24) is 15.1 Å². The zero-order valence-electron chi connectivity index (χ0n) is 21.1. The smallest absolute Gasteiger partial charge is 0.255 e. The fourth-order valence-electron chi connectivity index (χ4n) is 5.46. The van der Waals surface area contributed by atoms with E-state index in [1.54, 1.807) is 17.0 Å². The molecule has 0 aliphatic carbocycles. The van der Waals surface area contributed by atoms with Crippen LogP contribution in [-0.2, 0) is 33.0 Å². The van der Waals surface area contributed by atoms with Gasteiger partial charge in [-0.15, -0.1) is 0 Å². The van der Waals surface area contributed by atoms with Gasteiger partial charge < -0.3 is 30.1 Å². The highest BCUT2D eigenvalue weighted by Gasteiger charge is 2.45. The lowest BCUT2D eigenvalue weighted by Gasteiger charge is -2.36. The van der Waals surface area contributed by atoms with Crippen molar-refractivity contribution in [3.63, 3.8) is 0 Å². The van der Waals surface area contributed by atoms with E-state index in [4.69, 9.17) is 4.74 Å². The molecule has 3 N–H and O–H groups in total. The lowest BCUT2D eigenvalue weighted by atomic mass is 9.91.